The summed E-state index contributed by atoms with van der Waals surface area (Å²) in [5.41, 5.74) is -0.0230. The van der Waals surface area contributed by atoms with Gasteiger partial charge in [0, 0.05) is 0 Å². The Morgan fingerprint density at radius 1 is 1.30 bits per heavy atom. The topological polar surface area (TPSA) is 131 Å². The molecule has 0 saturated carbocycles. The maximum absolute atomic E-state index is 11.6. The summed E-state index contributed by atoms with van der Waals surface area (Å²) in [7, 11) is -3.20. The molecule has 1 aromatic carbocycles. The Kier molecular flexibility index (Phi) is 5.15. The number of carboxylic acids is 1. The lowest BCUT2D eigenvalue weighted by molar-refractivity contribution is -0.139. The van der Waals surface area contributed by atoms with Crippen molar-refractivity contribution >= 4 is 28.0 Å². The number of para-hydroxylation sites is 2. The molecule has 0 unspecified atom stereocenters. The largest absolute Gasteiger partial charge is 0.480 e. The molecule has 0 aliphatic heterocycles. The third-order valence-corrected chi connectivity index (χ3v) is 2.81. The van der Waals surface area contributed by atoms with Gasteiger partial charge in [0.25, 0.3) is 0 Å². The predicted octanol–water partition coefficient (Wildman–Crippen LogP) is 0.163. The number of anilines is 1. The number of rotatable bonds is 6. The normalized spacial score (nSPS) is 10.4. The first-order valence-corrected chi connectivity index (χ1v) is 6.64. The summed E-state index contributed by atoms with van der Waals surface area (Å²) < 4.78 is 35.8. The van der Waals surface area contributed by atoms with Crippen LogP contribution in [0.4, 0.5) is 10.5 Å². The molecule has 3 N–H and O–H groups in total. The SMILES string of the molecule is COC(=O)NS(=O)(=O)Nc1ccccc1OCC(=O)O. The summed E-state index contributed by atoms with van der Waals surface area (Å²) in [4.78, 5) is 21.3. The van der Waals surface area contributed by atoms with Gasteiger partial charge in [0.1, 0.15) is 5.75 Å². The zero-order valence-electron chi connectivity index (χ0n) is 10.3. The van der Waals surface area contributed by atoms with Gasteiger partial charge in [0.05, 0.1) is 12.8 Å². The first-order chi connectivity index (χ1) is 9.34. The lowest BCUT2D eigenvalue weighted by Gasteiger charge is -2.12. The van der Waals surface area contributed by atoms with Crippen molar-refractivity contribution in [2.24, 2.45) is 0 Å². The van der Waals surface area contributed by atoms with Gasteiger partial charge >= 0.3 is 22.3 Å². The maximum atomic E-state index is 11.6. The summed E-state index contributed by atoms with van der Waals surface area (Å²) in [6.45, 7) is -0.636. The molecule has 0 bridgehead atoms. The molecule has 9 nitrogen and oxygen atoms in total. The minimum Gasteiger partial charge on any atom is -0.480 e. The molecule has 0 fully saturated rings. The average Bonchev–Trinajstić information content (AvgIpc) is 2.36. The molecule has 0 aliphatic rings. The van der Waals surface area contributed by atoms with Crippen LogP contribution >= 0.6 is 0 Å². The fraction of sp³-hybridized carbons (Fsp3) is 0.200. The standard InChI is InChI=1S/C10H12N2O7S/c1-18-10(15)12-20(16,17)11-7-4-2-3-5-8(7)19-6-9(13)14/h2-5,11H,6H2,1H3,(H,12,15)(H,13,14). The van der Waals surface area contributed by atoms with Gasteiger partial charge in [-0.3, -0.25) is 4.72 Å². The molecule has 0 heterocycles. The van der Waals surface area contributed by atoms with E-state index in [0.29, 0.717) is 0 Å². The maximum Gasteiger partial charge on any atom is 0.422 e. The Morgan fingerprint density at radius 2 is 1.95 bits per heavy atom. The highest BCUT2D eigenvalue weighted by atomic mass is 32.2. The second kappa shape index (κ2) is 6.61. The Balaban J connectivity index is 2.86. The molecule has 0 aliphatic carbocycles. The molecule has 1 aromatic rings. The number of carbonyl (C=O) groups excluding carboxylic acids is 1. The first-order valence-electron chi connectivity index (χ1n) is 5.16. The van der Waals surface area contributed by atoms with E-state index < -0.39 is 28.9 Å². The molecule has 0 spiro atoms. The number of ether oxygens (including phenoxy) is 2. The Labute approximate surface area is 114 Å². The lowest BCUT2D eigenvalue weighted by atomic mass is 10.3. The second-order valence-corrected chi connectivity index (χ2v) is 4.79. The van der Waals surface area contributed by atoms with Gasteiger partial charge < -0.3 is 14.6 Å². The van der Waals surface area contributed by atoms with Crippen molar-refractivity contribution in [1.29, 1.82) is 0 Å². The summed E-state index contributed by atoms with van der Waals surface area (Å²) >= 11 is 0. The number of aliphatic carboxylic acids is 1. The fourth-order valence-electron chi connectivity index (χ4n) is 1.14. The number of hydrogen-bond acceptors (Lipinski definition) is 6. The van der Waals surface area contributed by atoms with E-state index in [1.165, 1.54) is 24.3 Å². The quantitative estimate of drug-likeness (QED) is 0.682. The van der Waals surface area contributed by atoms with Crippen LogP contribution in [0.2, 0.25) is 0 Å². The molecule has 0 atom stereocenters. The van der Waals surface area contributed by atoms with Gasteiger partial charge in [-0.25, -0.2) is 14.3 Å². The molecular formula is C10H12N2O7S. The number of methoxy groups -OCH3 is 1. The van der Waals surface area contributed by atoms with Crippen molar-refractivity contribution in [1.82, 2.24) is 4.72 Å². The number of amides is 1. The molecule has 1 rings (SSSR count). The Bertz CT molecular complexity index is 599. The first kappa shape index (κ1) is 15.6. The zero-order valence-corrected chi connectivity index (χ0v) is 11.1. The lowest BCUT2D eigenvalue weighted by Crippen LogP contribution is -2.35. The highest BCUT2D eigenvalue weighted by Crippen LogP contribution is 2.24. The highest BCUT2D eigenvalue weighted by Gasteiger charge is 2.16. The van der Waals surface area contributed by atoms with Crippen molar-refractivity contribution in [2.75, 3.05) is 18.4 Å². The predicted molar refractivity (Wildman–Crippen MR) is 67.7 cm³/mol. The van der Waals surface area contributed by atoms with Gasteiger partial charge in [0.2, 0.25) is 0 Å². The van der Waals surface area contributed by atoms with Crippen LogP contribution in [0.3, 0.4) is 0 Å². The minimum atomic E-state index is -4.21. The van der Waals surface area contributed by atoms with Crippen LogP contribution in [-0.4, -0.2) is 39.3 Å². The van der Waals surface area contributed by atoms with Gasteiger partial charge in [-0.15, -0.1) is 0 Å². The van der Waals surface area contributed by atoms with Crippen molar-refractivity contribution in [2.45, 2.75) is 0 Å². The van der Waals surface area contributed by atoms with E-state index in [1.807, 2.05) is 4.72 Å². The van der Waals surface area contributed by atoms with E-state index in [2.05, 4.69) is 4.74 Å². The number of benzene rings is 1. The second-order valence-electron chi connectivity index (χ2n) is 3.38. The summed E-state index contributed by atoms with van der Waals surface area (Å²) in [5, 5.41) is 8.51. The molecule has 20 heavy (non-hydrogen) atoms. The van der Waals surface area contributed by atoms with Crippen molar-refractivity contribution in [3.8, 4) is 5.75 Å². The van der Waals surface area contributed by atoms with Gasteiger partial charge in [-0.2, -0.15) is 8.42 Å². The van der Waals surface area contributed by atoms with Crippen LogP contribution in [0.5, 0.6) is 5.75 Å². The summed E-state index contributed by atoms with van der Waals surface area (Å²) in [5.74, 6) is -1.21. The van der Waals surface area contributed by atoms with Crippen LogP contribution in [0.1, 0.15) is 0 Å². The molecule has 10 heteroatoms. The number of carboxylic acid groups (broad SMARTS) is 1. The van der Waals surface area contributed by atoms with Crippen LogP contribution in [0.25, 0.3) is 0 Å². The third-order valence-electron chi connectivity index (χ3n) is 1.89. The summed E-state index contributed by atoms with van der Waals surface area (Å²) in [6, 6.07) is 5.75. The third kappa shape index (κ3) is 5.02. The minimum absolute atomic E-state index is 0.00476. The van der Waals surface area contributed by atoms with Crippen molar-refractivity contribution in [3.05, 3.63) is 24.3 Å². The van der Waals surface area contributed by atoms with Crippen molar-refractivity contribution < 1.29 is 32.6 Å². The van der Waals surface area contributed by atoms with Gasteiger partial charge in [-0.05, 0) is 12.1 Å². The van der Waals surface area contributed by atoms with E-state index in [0.717, 1.165) is 7.11 Å². The zero-order chi connectivity index (χ0) is 15.2. The fourth-order valence-corrected chi connectivity index (χ4v) is 1.95. The van der Waals surface area contributed by atoms with Crippen LogP contribution in [-0.2, 0) is 19.7 Å². The van der Waals surface area contributed by atoms with E-state index in [9.17, 15) is 18.0 Å². The van der Waals surface area contributed by atoms with Crippen LogP contribution in [0, 0.1) is 0 Å². The van der Waals surface area contributed by atoms with Crippen LogP contribution in [0.15, 0.2) is 24.3 Å². The number of hydrogen-bond donors (Lipinski definition) is 3. The van der Waals surface area contributed by atoms with Crippen LogP contribution < -0.4 is 14.2 Å². The Morgan fingerprint density at radius 3 is 2.55 bits per heavy atom. The molecule has 110 valence electrons. The molecule has 0 saturated heterocycles. The molecule has 1 amide bonds. The average molecular weight is 304 g/mol. The smallest absolute Gasteiger partial charge is 0.422 e. The summed E-state index contributed by atoms with van der Waals surface area (Å²) in [6.07, 6.45) is -1.17. The van der Waals surface area contributed by atoms with Gasteiger partial charge in [0.15, 0.2) is 6.61 Å². The molecular weight excluding hydrogens is 292 g/mol. The van der Waals surface area contributed by atoms with E-state index >= 15 is 0 Å². The highest BCUT2D eigenvalue weighted by molar-refractivity contribution is 7.91. The number of carbonyl (C=O) groups is 2. The molecule has 0 radical (unpaired) electrons. The monoisotopic (exact) mass is 304 g/mol. The van der Waals surface area contributed by atoms with E-state index in [1.54, 1.807) is 4.72 Å². The Hall–Kier alpha value is -2.49. The number of nitrogens with one attached hydrogen (secondary N) is 2. The molecule has 0 aromatic heterocycles. The van der Waals surface area contributed by atoms with Crippen molar-refractivity contribution in [3.63, 3.8) is 0 Å². The van der Waals surface area contributed by atoms with E-state index in [-0.39, 0.29) is 11.4 Å². The van der Waals surface area contributed by atoms with E-state index in [4.69, 9.17) is 9.84 Å². The van der Waals surface area contributed by atoms with Gasteiger partial charge in [-0.1, -0.05) is 12.1 Å².